The molecule has 0 spiro atoms. The van der Waals surface area contributed by atoms with Crippen LogP contribution >= 0.6 is 22.9 Å². The van der Waals surface area contributed by atoms with Crippen molar-refractivity contribution in [1.82, 2.24) is 35.0 Å². The Morgan fingerprint density at radius 1 is 0.975 bits per heavy atom. The maximum absolute atomic E-state index is 14.2. The van der Waals surface area contributed by atoms with Gasteiger partial charge in [-0.2, -0.15) is 9.97 Å². The van der Waals surface area contributed by atoms with Gasteiger partial charge in [-0.05, 0) is 86.2 Å². The van der Waals surface area contributed by atoms with Crippen molar-refractivity contribution in [1.29, 1.82) is 0 Å². The Bertz CT molecular complexity index is 3120. The molecule has 0 saturated carbocycles. The Labute approximate surface area is 483 Å². The minimum Gasteiger partial charge on any atom is -0.462 e. The third kappa shape index (κ3) is 14.2. The smallest absolute Gasteiger partial charge is 0.318 e. The van der Waals surface area contributed by atoms with Gasteiger partial charge in [0.15, 0.2) is 5.83 Å². The number of carbonyl (C=O) groups is 4. The van der Waals surface area contributed by atoms with Crippen molar-refractivity contribution in [3.63, 3.8) is 0 Å². The first kappa shape index (κ1) is 59.1. The van der Waals surface area contributed by atoms with Crippen molar-refractivity contribution in [3.05, 3.63) is 118 Å². The minimum atomic E-state index is -1.05. The average molecular weight is 1150 g/mol. The molecule has 3 aromatic carbocycles. The fourth-order valence-electron chi connectivity index (χ4n) is 11.8. The summed E-state index contributed by atoms with van der Waals surface area (Å²) in [6.07, 6.45) is 3.73. The largest absolute Gasteiger partial charge is 0.462 e. The van der Waals surface area contributed by atoms with Gasteiger partial charge in [0, 0.05) is 93.7 Å². The maximum atomic E-state index is 14.2. The molecule has 0 radical (unpaired) electrons. The standard InChI is InChI=1S/C61H74ClFN10O7S/c1-39(63)58(77)72-27-26-71(34-45(72)33-64-6)56-48-21-25-70(52-16-10-13-42-12-9-15-50(62)54(42)52)36-51(48)67-60(68-56)80-37-44-14-11-24-69(44)23-7-8-28-79-29-22-46(74)30-49(61(3,4)5)59(78)73-35-47(75)31-53(73)57(76)65-32-41-17-19-43(20-18-41)55-40(2)66-38-81-55/h9-10,12-13,15-20,38,44-45,47,49,53,75H,1,7-8,11,14,21-37H2,2-5H3,(H,65,76)/t44-,45-,47+,49+,53-/m0/s1. The SMILES string of the molecule is [C-]#[N+]C[C@H]1CN(c2nc(OC[C@@H]3CCCN3CCCCOCCC(=O)C[C@H](C(=O)N3C[C@H](O)C[C@H]3C(=O)NCc3ccc(-c4scnc4C)cc3)C(C)(C)C)nc3c2CCN(c2cccc4cccc(Cl)c24)C3)CCN1C(=O)C(=C)F. The zero-order valence-electron chi connectivity index (χ0n) is 46.9. The van der Waals surface area contributed by atoms with E-state index in [4.69, 9.17) is 37.6 Å². The molecule has 4 aliphatic heterocycles. The van der Waals surface area contributed by atoms with E-state index in [0.29, 0.717) is 56.7 Å². The van der Waals surface area contributed by atoms with Gasteiger partial charge in [0.25, 0.3) is 5.91 Å². The molecule has 430 valence electrons. The second-order valence-corrected chi connectivity index (χ2v) is 24.1. The maximum Gasteiger partial charge on any atom is 0.318 e. The highest BCUT2D eigenvalue weighted by Crippen LogP contribution is 2.39. The van der Waals surface area contributed by atoms with Crippen LogP contribution in [-0.4, -0.2) is 155 Å². The van der Waals surface area contributed by atoms with Crippen LogP contribution in [0, 0.1) is 24.8 Å². The van der Waals surface area contributed by atoms with E-state index in [2.05, 4.69) is 54.6 Å². The Balaban J connectivity index is 0.755. The molecule has 0 aliphatic carbocycles. The summed E-state index contributed by atoms with van der Waals surface area (Å²) in [6, 6.07) is 19.0. The second kappa shape index (κ2) is 26.6. The Hall–Kier alpha value is -6.56. The molecule has 0 bridgehead atoms. The van der Waals surface area contributed by atoms with Crippen molar-refractivity contribution in [2.75, 3.05) is 82.0 Å². The van der Waals surface area contributed by atoms with Crippen molar-refractivity contribution in [2.45, 2.75) is 116 Å². The number of Topliss-reactive ketones (excluding diaryl/α,β-unsaturated/α-hetero) is 1. The Kier molecular flexibility index (Phi) is 19.4. The molecule has 20 heteroatoms. The van der Waals surface area contributed by atoms with Gasteiger partial charge in [-0.15, -0.1) is 11.3 Å². The number of aliphatic hydroxyl groups is 1. The summed E-state index contributed by atoms with van der Waals surface area (Å²) in [5.74, 6) is -2.56. The number of ketones is 1. The summed E-state index contributed by atoms with van der Waals surface area (Å²) in [7, 11) is 0. The topological polar surface area (TPSA) is 178 Å². The van der Waals surface area contributed by atoms with E-state index in [0.717, 1.165) is 88.2 Å². The first-order valence-electron chi connectivity index (χ1n) is 28.2. The number of anilines is 2. The molecule has 9 rings (SSSR count). The van der Waals surface area contributed by atoms with E-state index in [1.807, 2.05) is 75.7 Å². The fraction of sp³-hybridized carbons (Fsp3) is 0.508. The molecule has 3 fully saturated rings. The number of β-amino-alcohol motifs (C(OH)–C–C–N with tert-alkyl or cyclic N) is 1. The van der Waals surface area contributed by atoms with E-state index in [1.54, 1.807) is 11.3 Å². The van der Waals surface area contributed by atoms with Crippen LogP contribution in [0.2, 0.25) is 5.02 Å². The number of hydrogen-bond acceptors (Lipinski definition) is 14. The first-order valence-corrected chi connectivity index (χ1v) is 29.5. The number of likely N-dealkylation sites (tertiary alicyclic amines) is 2. The number of nitrogens with zero attached hydrogens (tertiary/aromatic N) is 9. The van der Waals surface area contributed by atoms with E-state index in [9.17, 15) is 28.7 Å². The zero-order chi connectivity index (χ0) is 57.4. The molecule has 2 N–H and O–H groups in total. The number of aromatic nitrogens is 3. The summed E-state index contributed by atoms with van der Waals surface area (Å²) in [6.45, 7) is 23.8. The lowest BCUT2D eigenvalue weighted by Crippen LogP contribution is -2.57. The van der Waals surface area contributed by atoms with Crippen LogP contribution < -0.4 is 19.9 Å². The van der Waals surface area contributed by atoms with Gasteiger partial charge >= 0.3 is 6.01 Å². The zero-order valence-corrected chi connectivity index (χ0v) is 48.5. The van der Waals surface area contributed by atoms with Gasteiger partial charge in [-0.3, -0.25) is 24.1 Å². The number of hydrogen-bond donors (Lipinski definition) is 2. The van der Waals surface area contributed by atoms with Crippen molar-refractivity contribution < 1.29 is 38.1 Å². The lowest BCUT2D eigenvalue weighted by atomic mass is 9.76. The lowest BCUT2D eigenvalue weighted by molar-refractivity contribution is -0.146. The third-order valence-electron chi connectivity index (χ3n) is 16.3. The Morgan fingerprint density at radius 3 is 2.51 bits per heavy atom. The number of ether oxygens (including phenoxy) is 2. The lowest BCUT2D eigenvalue weighted by Gasteiger charge is -2.41. The molecular formula is C61H74ClFN10O7S. The predicted octanol–water partition coefficient (Wildman–Crippen LogP) is 8.63. The number of carbonyl (C=O) groups excluding carboxylic acids is 4. The van der Waals surface area contributed by atoms with E-state index >= 15 is 0 Å². The third-order valence-corrected chi connectivity index (χ3v) is 17.5. The van der Waals surface area contributed by atoms with Crippen LogP contribution in [0.3, 0.4) is 0 Å². The first-order chi connectivity index (χ1) is 39.0. The number of aryl methyl sites for hydroxylation is 1. The number of nitrogens with one attached hydrogen (secondary N) is 1. The summed E-state index contributed by atoms with van der Waals surface area (Å²) in [4.78, 5) is 82.8. The van der Waals surface area contributed by atoms with Crippen molar-refractivity contribution in [2.24, 2.45) is 11.3 Å². The number of piperazine rings is 1. The molecule has 17 nitrogen and oxygen atoms in total. The summed E-state index contributed by atoms with van der Waals surface area (Å²) >= 11 is 8.38. The van der Waals surface area contributed by atoms with E-state index in [-0.39, 0.29) is 81.7 Å². The molecule has 3 amide bonds. The number of thiazole rings is 1. The van der Waals surface area contributed by atoms with Crippen LogP contribution in [0.1, 0.15) is 88.2 Å². The predicted molar refractivity (Wildman–Crippen MR) is 313 cm³/mol. The number of rotatable bonds is 22. The minimum absolute atomic E-state index is 0.00857. The van der Waals surface area contributed by atoms with Crippen LogP contribution in [0.4, 0.5) is 15.9 Å². The van der Waals surface area contributed by atoms with Crippen LogP contribution in [-0.2, 0) is 43.4 Å². The highest BCUT2D eigenvalue weighted by Gasteiger charge is 2.45. The van der Waals surface area contributed by atoms with Crippen molar-refractivity contribution >= 4 is 68.7 Å². The fourth-order valence-corrected chi connectivity index (χ4v) is 12.9. The Morgan fingerprint density at radius 2 is 1.77 bits per heavy atom. The van der Waals surface area contributed by atoms with E-state index < -0.39 is 41.3 Å². The molecule has 6 heterocycles. The van der Waals surface area contributed by atoms with Crippen molar-refractivity contribution in [3.8, 4) is 16.5 Å². The number of amides is 3. The van der Waals surface area contributed by atoms with Gasteiger partial charge in [0.05, 0.1) is 46.1 Å². The molecule has 2 aromatic heterocycles. The quantitative estimate of drug-likeness (QED) is 0.0383. The summed E-state index contributed by atoms with van der Waals surface area (Å²) in [5, 5.41) is 16.4. The second-order valence-electron chi connectivity index (χ2n) is 22.8. The summed E-state index contributed by atoms with van der Waals surface area (Å²) < 4.78 is 26.6. The van der Waals surface area contributed by atoms with Gasteiger partial charge < -0.3 is 44.3 Å². The van der Waals surface area contributed by atoms with Gasteiger partial charge in [0.2, 0.25) is 18.4 Å². The van der Waals surface area contributed by atoms with Crippen LogP contribution in [0.15, 0.2) is 78.6 Å². The van der Waals surface area contributed by atoms with Gasteiger partial charge in [-0.25, -0.2) is 15.9 Å². The molecule has 3 saturated heterocycles. The molecule has 81 heavy (non-hydrogen) atoms. The number of unbranched alkanes of at least 4 members (excludes halogenated alkanes) is 1. The van der Waals surface area contributed by atoms with E-state index in [1.165, 1.54) is 9.80 Å². The summed E-state index contributed by atoms with van der Waals surface area (Å²) in [5.41, 5.74) is 6.98. The van der Waals surface area contributed by atoms with Gasteiger partial charge in [-0.1, -0.05) is 87.5 Å². The van der Waals surface area contributed by atoms with Crippen LogP contribution in [0.25, 0.3) is 26.1 Å². The molecular weight excluding hydrogens is 1070 g/mol. The number of halogens is 2. The highest BCUT2D eigenvalue weighted by atomic mass is 35.5. The number of benzene rings is 3. The van der Waals surface area contributed by atoms with Crippen LogP contribution in [0.5, 0.6) is 6.01 Å². The molecule has 5 atom stereocenters. The average Bonchev–Trinajstić information content (AvgIpc) is 4.30. The monoisotopic (exact) mass is 1140 g/mol. The number of fused-ring (bicyclic) bond motifs is 2. The number of aliphatic hydroxyl groups excluding tert-OH is 1. The highest BCUT2D eigenvalue weighted by molar-refractivity contribution is 7.13. The van der Waals surface area contributed by atoms with Gasteiger partial charge in [0.1, 0.15) is 30.3 Å². The molecule has 5 aromatic rings. The normalized spacial score (nSPS) is 19.8. The molecule has 0 unspecified atom stereocenters. The molecule has 4 aliphatic rings.